The topological polar surface area (TPSA) is 6.48 Å². The molecule has 1 aromatic carbocycles. The molecule has 0 radical (unpaired) electrons. The second-order valence-electron chi connectivity index (χ2n) is 8.73. The second-order valence-corrected chi connectivity index (χ2v) is 10.2. The van der Waals surface area contributed by atoms with Crippen LogP contribution in [0.5, 0.6) is 0 Å². The molecule has 2 fully saturated rings. The SMILES string of the molecule is CC1CSC(C2CCCCC2c2ccc(Cl)cc2)=C1CN1CCN(C)CC1. The van der Waals surface area contributed by atoms with Crippen molar-refractivity contribution in [2.24, 2.45) is 11.8 Å². The molecule has 3 atom stereocenters. The maximum absolute atomic E-state index is 6.15. The van der Waals surface area contributed by atoms with Crippen LogP contribution in [0.15, 0.2) is 34.7 Å². The van der Waals surface area contributed by atoms with Gasteiger partial charge in [0.1, 0.15) is 0 Å². The largest absolute Gasteiger partial charge is 0.304 e. The van der Waals surface area contributed by atoms with Gasteiger partial charge < -0.3 is 4.90 Å². The Labute approximate surface area is 174 Å². The maximum Gasteiger partial charge on any atom is 0.0406 e. The molecule has 148 valence electrons. The molecular weight excluding hydrogens is 372 g/mol. The average Bonchev–Trinajstić information content (AvgIpc) is 3.04. The molecular formula is C23H33ClN2S. The van der Waals surface area contributed by atoms with Gasteiger partial charge in [0.25, 0.3) is 0 Å². The lowest BCUT2D eigenvalue weighted by molar-refractivity contribution is 0.161. The lowest BCUT2D eigenvalue weighted by Gasteiger charge is -2.36. The third kappa shape index (κ3) is 4.58. The van der Waals surface area contributed by atoms with E-state index in [9.17, 15) is 0 Å². The number of nitrogens with zero attached hydrogens (tertiary/aromatic N) is 2. The first-order chi connectivity index (χ1) is 13.1. The Balaban J connectivity index is 1.57. The molecule has 1 aromatic rings. The van der Waals surface area contributed by atoms with Crippen LogP contribution in [0.2, 0.25) is 5.02 Å². The molecule has 0 aromatic heterocycles. The molecule has 4 heteroatoms. The second kappa shape index (κ2) is 8.90. The first kappa shape index (κ1) is 19.8. The average molecular weight is 405 g/mol. The molecule has 0 bridgehead atoms. The highest BCUT2D eigenvalue weighted by Crippen LogP contribution is 2.50. The Hall–Kier alpha value is -0.480. The highest BCUT2D eigenvalue weighted by molar-refractivity contribution is 8.03. The fraction of sp³-hybridized carbons (Fsp3) is 0.652. The highest BCUT2D eigenvalue weighted by Gasteiger charge is 2.35. The minimum absolute atomic E-state index is 0.673. The van der Waals surface area contributed by atoms with Crippen LogP contribution in [-0.4, -0.2) is 55.3 Å². The van der Waals surface area contributed by atoms with Gasteiger partial charge >= 0.3 is 0 Å². The predicted molar refractivity (Wildman–Crippen MR) is 119 cm³/mol. The summed E-state index contributed by atoms with van der Waals surface area (Å²) in [4.78, 5) is 6.90. The number of benzene rings is 1. The number of likely N-dealkylation sites (N-methyl/N-ethyl adjacent to an activating group) is 1. The zero-order valence-electron chi connectivity index (χ0n) is 16.8. The minimum atomic E-state index is 0.673. The fourth-order valence-corrected chi connectivity index (χ4v) is 6.73. The standard InChI is InChI=1S/C23H33ClN2S/c1-17-16-27-23(22(17)15-26-13-11-25(2)12-14-26)21-6-4-3-5-20(21)18-7-9-19(24)10-8-18/h7-10,17,20-21H,3-6,11-16H2,1-2H3. The Morgan fingerprint density at radius 2 is 1.67 bits per heavy atom. The van der Waals surface area contributed by atoms with Crippen molar-refractivity contribution >= 4 is 23.4 Å². The van der Waals surface area contributed by atoms with Crippen molar-refractivity contribution in [2.75, 3.05) is 45.5 Å². The fourth-order valence-electron chi connectivity index (χ4n) is 5.03. The van der Waals surface area contributed by atoms with Gasteiger partial charge in [-0.15, -0.1) is 11.8 Å². The van der Waals surface area contributed by atoms with Crippen LogP contribution in [0.4, 0.5) is 0 Å². The molecule has 1 aliphatic carbocycles. The first-order valence-corrected chi connectivity index (χ1v) is 12.0. The summed E-state index contributed by atoms with van der Waals surface area (Å²) in [7, 11) is 2.24. The van der Waals surface area contributed by atoms with Crippen LogP contribution in [0, 0.1) is 11.8 Å². The van der Waals surface area contributed by atoms with Crippen LogP contribution in [0.25, 0.3) is 0 Å². The van der Waals surface area contributed by atoms with E-state index < -0.39 is 0 Å². The summed E-state index contributed by atoms with van der Waals surface area (Å²) in [5.74, 6) is 3.41. The summed E-state index contributed by atoms with van der Waals surface area (Å²) in [6.07, 6.45) is 5.43. The number of hydrogen-bond acceptors (Lipinski definition) is 3. The molecule has 2 aliphatic heterocycles. The van der Waals surface area contributed by atoms with Crippen LogP contribution in [0.3, 0.4) is 0 Å². The molecule has 0 spiro atoms. The molecule has 0 amide bonds. The van der Waals surface area contributed by atoms with E-state index in [4.69, 9.17) is 11.6 Å². The smallest absolute Gasteiger partial charge is 0.0406 e. The Kier molecular flexibility index (Phi) is 6.53. The van der Waals surface area contributed by atoms with Crippen LogP contribution < -0.4 is 0 Å². The normalized spacial score (nSPS) is 30.9. The van der Waals surface area contributed by atoms with E-state index in [1.807, 2.05) is 0 Å². The van der Waals surface area contributed by atoms with E-state index >= 15 is 0 Å². The molecule has 3 unspecified atom stereocenters. The van der Waals surface area contributed by atoms with Gasteiger partial charge in [0, 0.05) is 43.5 Å². The molecule has 0 N–H and O–H groups in total. The summed E-state index contributed by atoms with van der Waals surface area (Å²) in [5, 5.41) is 0.852. The number of hydrogen-bond donors (Lipinski definition) is 0. The van der Waals surface area contributed by atoms with Crippen LogP contribution in [0.1, 0.15) is 44.1 Å². The summed E-state index contributed by atoms with van der Waals surface area (Å²) in [5.41, 5.74) is 3.26. The summed E-state index contributed by atoms with van der Waals surface area (Å²) in [6.45, 7) is 8.50. The minimum Gasteiger partial charge on any atom is -0.304 e. The van der Waals surface area contributed by atoms with Gasteiger partial charge in [-0.2, -0.15) is 0 Å². The molecule has 27 heavy (non-hydrogen) atoms. The molecule has 1 saturated heterocycles. The molecule has 2 nitrogen and oxygen atoms in total. The van der Waals surface area contributed by atoms with E-state index in [-0.39, 0.29) is 0 Å². The monoisotopic (exact) mass is 404 g/mol. The summed E-state index contributed by atoms with van der Waals surface area (Å²) in [6, 6.07) is 8.70. The third-order valence-electron chi connectivity index (χ3n) is 6.79. The molecule has 4 rings (SSSR count). The van der Waals surface area contributed by atoms with Gasteiger partial charge in [-0.25, -0.2) is 0 Å². The van der Waals surface area contributed by atoms with Crippen molar-refractivity contribution in [1.82, 2.24) is 9.80 Å². The van der Waals surface area contributed by atoms with Crippen molar-refractivity contribution in [2.45, 2.75) is 38.5 Å². The van der Waals surface area contributed by atoms with Crippen molar-refractivity contribution in [3.05, 3.63) is 45.3 Å². The van der Waals surface area contributed by atoms with Crippen molar-refractivity contribution in [3.63, 3.8) is 0 Å². The molecule has 3 aliphatic rings. The van der Waals surface area contributed by atoms with Crippen molar-refractivity contribution < 1.29 is 0 Å². The Morgan fingerprint density at radius 3 is 2.37 bits per heavy atom. The van der Waals surface area contributed by atoms with E-state index in [0.717, 1.165) is 16.9 Å². The predicted octanol–water partition coefficient (Wildman–Crippen LogP) is 5.50. The van der Waals surface area contributed by atoms with E-state index in [0.29, 0.717) is 5.92 Å². The van der Waals surface area contributed by atoms with Crippen LogP contribution >= 0.6 is 23.4 Å². The van der Waals surface area contributed by atoms with E-state index in [1.165, 1.54) is 69.7 Å². The zero-order chi connectivity index (χ0) is 18.8. The maximum atomic E-state index is 6.15. The number of halogens is 1. The summed E-state index contributed by atoms with van der Waals surface area (Å²) < 4.78 is 0. The van der Waals surface area contributed by atoms with E-state index in [1.54, 1.807) is 10.5 Å². The Morgan fingerprint density at radius 1 is 1.00 bits per heavy atom. The summed E-state index contributed by atoms with van der Waals surface area (Å²) >= 11 is 8.32. The van der Waals surface area contributed by atoms with Crippen LogP contribution in [-0.2, 0) is 0 Å². The quantitative estimate of drug-likeness (QED) is 0.654. The lowest BCUT2D eigenvalue weighted by Crippen LogP contribution is -2.45. The Bertz CT molecular complexity index is 663. The third-order valence-corrected chi connectivity index (χ3v) is 8.59. The molecule has 1 saturated carbocycles. The number of piperazine rings is 1. The zero-order valence-corrected chi connectivity index (χ0v) is 18.4. The van der Waals surface area contributed by atoms with E-state index in [2.05, 4.69) is 59.8 Å². The number of allylic oxidation sites excluding steroid dienone is 1. The van der Waals surface area contributed by atoms with Gasteiger partial charge in [0.15, 0.2) is 0 Å². The van der Waals surface area contributed by atoms with Crippen molar-refractivity contribution in [1.29, 1.82) is 0 Å². The number of rotatable bonds is 4. The lowest BCUT2D eigenvalue weighted by atomic mass is 9.74. The molecule has 2 heterocycles. The van der Waals surface area contributed by atoms with Gasteiger partial charge in [0.2, 0.25) is 0 Å². The highest BCUT2D eigenvalue weighted by atomic mass is 35.5. The number of thioether (sulfide) groups is 1. The van der Waals surface area contributed by atoms with Crippen molar-refractivity contribution in [3.8, 4) is 0 Å². The van der Waals surface area contributed by atoms with Gasteiger partial charge in [-0.3, -0.25) is 4.90 Å². The van der Waals surface area contributed by atoms with Gasteiger partial charge in [-0.1, -0.05) is 43.5 Å². The first-order valence-electron chi connectivity index (χ1n) is 10.6. The van der Waals surface area contributed by atoms with Gasteiger partial charge in [0.05, 0.1) is 0 Å². The van der Waals surface area contributed by atoms with Gasteiger partial charge in [-0.05, 0) is 65.8 Å².